The fraction of sp³-hybridized carbons (Fsp3) is 0.143. The number of rotatable bonds is 6. The van der Waals surface area contributed by atoms with Crippen LogP contribution in [-0.2, 0) is 18.0 Å². The molecule has 0 bridgehead atoms. The van der Waals surface area contributed by atoms with Crippen LogP contribution in [0.4, 0.5) is 0 Å². The Hall–Kier alpha value is -3.18. The van der Waals surface area contributed by atoms with Crippen LogP contribution in [0.2, 0.25) is 0 Å². The largest absolute Gasteiger partial charge is 0.487 e. The molecule has 0 radical (unpaired) electrons. The fourth-order valence-electron chi connectivity index (χ4n) is 2.95. The molecule has 0 saturated heterocycles. The number of nitrogens with zero attached hydrogens (tertiary/aromatic N) is 3. The van der Waals surface area contributed by atoms with Gasteiger partial charge in [-0.3, -0.25) is 4.98 Å². The Labute approximate surface area is 151 Å². The third-order valence-corrected chi connectivity index (χ3v) is 4.17. The number of ether oxygens (including phenoxy) is 2. The van der Waals surface area contributed by atoms with Crippen molar-refractivity contribution in [2.45, 2.75) is 13.2 Å². The molecule has 0 fully saturated rings. The molecule has 2 aromatic carbocycles. The van der Waals surface area contributed by atoms with Gasteiger partial charge in [0.2, 0.25) is 0 Å². The summed E-state index contributed by atoms with van der Waals surface area (Å²) in [5.74, 6) is 0.790. The van der Waals surface area contributed by atoms with Crippen LogP contribution in [0, 0.1) is 0 Å². The molecule has 2 heterocycles. The maximum atomic E-state index is 6.13. The highest BCUT2D eigenvalue weighted by Crippen LogP contribution is 2.31. The van der Waals surface area contributed by atoms with Crippen molar-refractivity contribution < 1.29 is 9.47 Å². The van der Waals surface area contributed by atoms with E-state index >= 15 is 0 Å². The Morgan fingerprint density at radius 1 is 0.885 bits per heavy atom. The van der Waals surface area contributed by atoms with E-state index in [4.69, 9.17) is 14.6 Å². The van der Waals surface area contributed by atoms with E-state index < -0.39 is 0 Å². The van der Waals surface area contributed by atoms with Crippen LogP contribution in [0.25, 0.3) is 16.6 Å². The van der Waals surface area contributed by atoms with Crippen molar-refractivity contribution in [2.75, 3.05) is 7.11 Å². The molecule has 2 aromatic heterocycles. The topological polar surface area (TPSA) is 49.2 Å². The molecule has 26 heavy (non-hydrogen) atoms. The second-order valence-corrected chi connectivity index (χ2v) is 5.92. The van der Waals surface area contributed by atoms with Gasteiger partial charge in [0.15, 0.2) is 0 Å². The molecule has 0 atom stereocenters. The lowest BCUT2D eigenvalue weighted by molar-refractivity contribution is 0.182. The van der Waals surface area contributed by atoms with Gasteiger partial charge in [-0.15, -0.1) is 0 Å². The van der Waals surface area contributed by atoms with Crippen molar-refractivity contribution in [3.8, 4) is 11.4 Å². The Bertz CT molecular complexity index is 998. The third kappa shape index (κ3) is 3.17. The van der Waals surface area contributed by atoms with Gasteiger partial charge in [0, 0.05) is 24.9 Å². The Morgan fingerprint density at radius 3 is 2.46 bits per heavy atom. The van der Waals surface area contributed by atoms with Crippen molar-refractivity contribution in [3.63, 3.8) is 0 Å². The molecule has 0 aliphatic heterocycles. The minimum Gasteiger partial charge on any atom is -0.487 e. The van der Waals surface area contributed by atoms with Crippen molar-refractivity contribution in [3.05, 3.63) is 84.3 Å². The normalized spacial score (nSPS) is 11.0. The summed E-state index contributed by atoms with van der Waals surface area (Å²) in [5, 5.41) is 5.80. The number of hydrogen-bond donors (Lipinski definition) is 0. The first-order valence-electron chi connectivity index (χ1n) is 8.43. The quantitative estimate of drug-likeness (QED) is 0.527. The van der Waals surface area contributed by atoms with Crippen molar-refractivity contribution in [1.29, 1.82) is 0 Å². The highest BCUT2D eigenvalue weighted by Gasteiger charge is 2.16. The van der Waals surface area contributed by atoms with Crippen molar-refractivity contribution >= 4 is 10.9 Å². The zero-order valence-corrected chi connectivity index (χ0v) is 14.5. The van der Waals surface area contributed by atoms with E-state index in [1.165, 1.54) is 0 Å². The smallest absolute Gasteiger partial charge is 0.146 e. The summed E-state index contributed by atoms with van der Waals surface area (Å²) in [7, 11) is 1.68. The first kappa shape index (κ1) is 16.3. The first-order valence-corrected chi connectivity index (χ1v) is 8.43. The summed E-state index contributed by atoms with van der Waals surface area (Å²) < 4.78 is 13.4. The summed E-state index contributed by atoms with van der Waals surface area (Å²) in [6.07, 6.45) is 3.54. The molecular weight excluding hydrogens is 326 g/mol. The van der Waals surface area contributed by atoms with Crippen LogP contribution in [0.1, 0.15) is 11.3 Å². The molecule has 0 saturated carbocycles. The Balaban J connectivity index is 1.80. The van der Waals surface area contributed by atoms with Gasteiger partial charge in [-0.05, 0) is 35.9 Å². The number of pyridine rings is 1. The second kappa shape index (κ2) is 7.37. The molecule has 4 rings (SSSR count). The molecule has 0 spiro atoms. The van der Waals surface area contributed by atoms with Crippen LogP contribution >= 0.6 is 0 Å². The van der Waals surface area contributed by atoms with Gasteiger partial charge in [0.1, 0.15) is 17.9 Å². The van der Waals surface area contributed by atoms with Crippen LogP contribution < -0.4 is 4.74 Å². The number of aromatic nitrogens is 3. The van der Waals surface area contributed by atoms with Crippen molar-refractivity contribution in [1.82, 2.24) is 14.8 Å². The molecular formula is C21H19N3O2. The number of hydrogen-bond acceptors (Lipinski definition) is 4. The number of para-hydroxylation sites is 2. The van der Waals surface area contributed by atoms with Crippen LogP contribution in [0.3, 0.4) is 0 Å². The lowest BCUT2D eigenvalue weighted by Gasteiger charge is -2.10. The SMILES string of the molecule is COCc1nn(-c2ccccc2)c2c(OCc3ccncc3)cccc12. The van der Waals surface area contributed by atoms with E-state index in [2.05, 4.69) is 11.1 Å². The minimum absolute atomic E-state index is 0.449. The zero-order valence-electron chi connectivity index (χ0n) is 14.5. The monoisotopic (exact) mass is 345 g/mol. The Morgan fingerprint density at radius 2 is 1.69 bits per heavy atom. The number of benzene rings is 2. The molecule has 0 N–H and O–H groups in total. The highest BCUT2D eigenvalue weighted by atomic mass is 16.5. The van der Waals surface area contributed by atoms with Gasteiger partial charge in [-0.25, -0.2) is 4.68 Å². The molecule has 5 nitrogen and oxygen atoms in total. The van der Waals surface area contributed by atoms with E-state index in [0.717, 1.165) is 33.6 Å². The van der Waals surface area contributed by atoms with Crippen LogP contribution in [-0.4, -0.2) is 21.9 Å². The maximum absolute atomic E-state index is 6.13. The van der Waals surface area contributed by atoms with E-state index in [1.807, 2.05) is 59.3 Å². The Kier molecular flexibility index (Phi) is 4.62. The van der Waals surface area contributed by atoms with Gasteiger partial charge >= 0.3 is 0 Å². The maximum Gasteiger partial charge on any atom is 0.146 e. The molecule has 0 aliphatic rings. The predicted octanol–water partition coefficient (Wildman–Crippen LogP) is 4.15. The van der Waals surface area contributed by atoms with Gasteiger partial charge in [-0.1, -0.05) is 30.3 Å². The summed E-state index contributed by atoms with van der Waals surface area (Å²) in [6.45, 7) is 0.922. The van der Waals surface area contributed by atoms with E-state index in [0.29, 0.717) is 13.2 Å². The highest BCUT2D eigenvalue weighted by molar-refractivity contribution is 5.88. The average Bonchev–Trinajstić information content (AvgIpc) is 3.07. The molecule has 0 unspecified atom stereocenters. The minimum atomic E-state index is 0.449. The van der Waals surface area contributed by atoms with Gasteiger partial charge < -0.3 is 9.47 Å². The van der Waals surface area contributed by atoms with Gasteiger partial charge in [0.25, 0.3) is 0 Å². The summed E-state index contributed by atoms with van der Waals surface area (Å²) in [6, 6.07) is 20.0. The molecule has 4 aromatic rings. The predicted molar refractivity (Wildman–Crippen MR) is 100 cm³/mol. The lowest BCUT2D eigenvalue weighted by Crippen LogP contribution is -2.00. The number of fused-ring (bicyclic) bond motifs is 1. The average molecular weight is 345 g/mol. The first-order chi connectivity index (χ1) is 12.9. The van der Waals surface area contributed by atoms with Gasteiger partial charge in [-0.2, -0.15) is 5.10 Å². The van der Waals surface area contributed by atoms with Crippen LogP contribution in [0.5, 0.6) is 5.75 Å². The lowest BCUT2D eigenvalue weighted by atomic mass is 10.2. The number of methoxy groups -OCH3 is 1. The second-order valence-electron chi connectivity index (χ2n) is 5.92. The zero-order chi connectivity index (χ0) is 17.8. The molecule has 130 valence electrons. The van der Waals surface area contributed by atoms with E-state index in [1.54, 1.807) is 19.5 Å². The van der Waals surface area contributed by atoms with Gasteiger partial charge in [0.05, 0.1) is 18.0 Å². The standard InChI is InChI=1S/C21H19N3O2/c1-25-15-19-18-8-5-9-20(26-14-16-10-12-22-13-11-16)21(18)24(23-19)17-6-3-2-4-7-17/h2-13H,14-15H2,1H3. The molecule has 0 amide bonds. The fourth-order valence-corrected chi connectivity index (χ4v) is 2.95. The van der Waals surface area contributed by atoms with E-state index in [-0.39, 0.29) is 0 Å². The third-order valence-electron chi connectivity index (χ3n) is 4.17. The van der Waals surface area contributed by atoms with E-state index in [9.17, 15) is 0 Å². The summed E-state index contributed by atoms with van der Waals surface area (Å²) >= 11 is 0. The molecule has 0 aliphatic carbocycles. The summed E-state index contributed by atoms with van der Waals surface area (Å²) in [4.78, 5) is 4.04. The summed E-state index contributed by atoms with van der Waals surface area (Å²) in [5.41, 5.74) is 3.89. The molecule has 5 heteroatoms. The van der Waals surface area contributed by atoms with Crippen LogP contribution in [0.15, 0.2) is 73.1 Å². The van der Waals surface area contributed by atoms with Crippen molar-refractivity contribution in [2.24, 2.45) is 0 Å².